The molecule has 0 unspecified atom stereocenters. The molecule has 1 aromatic heterocycles. The molecule has 1 aromatic carbocycles. The Labute approximate surface area is 186 Å². The van der Waals surface area contributed by atoms with E-state index >= 15 is 0 Å². The number of pyridine rings is 1. The monoisotopic (exact) mass is 446 g/mol. The van der Waals surface area contributed by atoms with Crippen molar-refractivity contribution in [2.45, 2.75) is 56.8 Å². The Morgan fingerprint density at radius 2 is 1.78 bits per heavy atom. The number of aryl methyl sites for hydroxylation is 2. The number of urea groups is 1. The predicted molar refractivity (Wildman–Crippen MR) is 118 cm³/mol. The lowest BCUT2D eigenvalue weighted by molar-refractivity contribution is -0.141. The Balaban J connectivity index is 1.56. The molecule has 4 rings (SSSR count). The SMILES string of the molecule is Cc1cccc(C2(N(C)C)CCC3(CC2)CN(c2cnc(C(F)(F)F)cc2C)C(=O)N3)c1. The summed E-state index contributed by atoms with van der Waals surface area (Å²) in [7, 11) is 4.19. The summed E-state index contributed by atoms with van der Waals surface area (Å²) in [6.45, 7) is 4.10. The zero-order valence-corrected chi connectivity index (χ0v) is 18.9. The standard InChI is InChI=1S/C24H29F3N4O/c1-16-6-5-7-18(12-16)23(30(3)4)10-8-22(9-11-23)15-31(21(32)29-22)19-14-28-20(13-17(19)2)24(25,26)27/h5-7,12-14H,8-11,15H2,1-4H3,(H,29,32). The van der Waals surface area contributed by atoms with Crippen LogP contribution in [0, 0.1) is 13.8 Å². The number of carbonyl (C=O) groups is 1. The van der Waals surface area contributed by atoms with Gasteiger partial charge in [0.15, 0.2) is 0 Å². The molecule has 8 heteroatoms. The zero-order chi connectivity index (χ0) is 23.3. The van der Waals surface area contributed by atoms with Gasteiger partial charge < -0.3 is 5.32 Å². The molecule has 2 amide bonds. The summed E-state index contributed by atoms with van der Waals surface area (Å²) < 4.78 is 38.9. The first kappa shape index (κ1) is 22.6. The van der Waals surface area contributed by atoms with Crippen molar-refractivity contribution in [3.8, 4) is 0 Å². The van der Waals surface area contributed by atoms with E-state index in [0.29, 0.717) is 17.8 Å². The quantitative estimate of drug-likeness (QED) is 0.721. The van der Waals surface area contributed by atoms with Gasteiger partial charge in [-0.05, 0) is 70.8 Å². The Kier molecular flexibility index (Phi) is 5.48. The Hall–Kier alpha value is -2.61. The molecule has 1 aliphatic heterocycles. The van der Waals surface area contributed by atoms with Gasteiger partial charge in [-0.1, -0.05) is 29.8 Å². The molecule has 0 atom stereocenters. The fourth-order valence-electron chi connectivity index (χ4n) is 5.24. The first-order valence-electron chi connectivity index (χ1n) is 10.8. The molecule has 1 saturated heterocycles. The summed E-state index contributed by atoms with van der Waals surface area (Å²) in [5.41, 5.74) is 1.86. The van der Waals surface area contributed by atoms with Gasteiger partial charge in [-0.25, -0.2) is 9.78 Å². The van der Waals surface area contributed by atoms with Crippen molar-refractivity contribution >= 4 is 11.7 Å². The van der Waals surface area contributed by atoms with E-state index in [4.69, 9.17) is 0 Å². The number of hydrogen-bond acceptors (Lipinski definition) is 3. The molecule has 0 radical (unpaired) electrons. The third-order valence-electron chi connectivity index (χ3n) is 7.19. The average Bonchev–Trinajstić information content (AvgIpc) is 3.03. The maximum atomic E-state index is 13.0. The number of amides is 2. The maximum absolute atomic E-state index is 13.0. The third kappa shape index (κ3) is 3.85. The minimum Gasteiger partial charge on any atom is -0.330 e. The van der Waals surface area contributed by atoms with E-state index < -0.39 is 17.4 Å². The number of hydrogen-bond donors (Lipinski definition) is 1. The number of rotatable bonds is 3. The van der Waals surface area contributed by atoms with Crippen LogP contribution in [0.1, 0.15) is 48.1 Å². The van der Waals surface area contributed by atoms with E-state index in [1.165, 1.54) is 16.0 Å². The molecule has 1 N–H and O–H groups in total. The van der Waals surface area contributed by atoms with Crippen LogP contribution in [0.2, 0.25) is 0 Å². The second-order valence-electron chi connectivity index (χ2n) is 9.45. The largest absolute Gasteiger partial charge is 0.433 e. The number of carbonyl (C=O) groups excluding carboxylic acids is 1. The van der Waals surface area contributed by atoms with E-state index in [9.17, 15) is 18.0 Å². The van der Waals surface area contributed by atoms with Crippen LogP contribution in [0.3, 0.4) is 0 Å². The normalized spacial score (nSPS) is 26.1. The fourth-order valence-corrected chi connectivity index (χ4v) is 5.24. The molecule has 1 aliphatic carbocycles. The summed E-state index contributed by atoms with van der Waals surface area (Å²) in [6, 6.07) is 9.30. The molecule has 2 heterocycles. The molecule has 172 valence electrons. The van der Waals surface area contributed by atoms with Gasteiger partial charge in [-0.2, -0.15) is 13.2 Å². The lowest BCUT2D eigenvalue weighted by Crippen LogP contribution is -2.54. The minimum atomic E-state index is -4.51. The second-order valence-corrected chi connectivity index (χ2v) is 9.45. The maximum Gasteiger partial charge on any atom is 0.433 e. The van der Waals surface area contributed by atoms with Gasteiger partial charge in [0.05, 0.1) is 24.0 Å². The number of nitrogens with zero attached hydrogens (tertiary/aromatic N) is 3. The molecule has 32 heavy (non-hydrogen) atoms. The number of alkyl halides is 3. The second kappa shape index (κ2) is 7.76. The Bertz CT molecular complexity index is 1030. The molecular formula is C24H29F3N4O. The van der Waals surface area contributed by atoms with E-state index in [1.54, 1.807) is 6.92 Å². The highest BCUT2D eigenvalue weighted by molar-refractivity contribution is 5.96. The van der Waals surface area contributed by atoms with Crippen LogP contribution in [0.15, 0.2) is 36.5 Å². The summed E-state index contributed by atoms with van der Waals surface area (Å²) in [4.78, 5) is 20.2. The molecular weight excluding hydrogens is 417 g/mol. The van der Waals surface area contributed by atoms with E-state index in [-0.39, 0.29) is 11.6 Å². The Morgan fingerprint density at radius 1 is 1.09 bits per heavy atom. The highest BCUT2D eigenvalue weighted by atomic mass is 19.4. The van der Waals surface area contributed by atoms with Gasteiger partial charge >= 0.3 is 12.2 Å². The van der Waals surface area contributed by atoms with Crippen LogP contribution in [0.4, 0.5) is 23.7 Å². The summed E-state index contributed by atoms with van der Waals surface area (Å²) >= 11 is 0. The van der Waals surface area contributed by atoms with Crippen molar-refractivity contribution in [2.24, 2.45) is 0 Å². The molecule has 2 fully saturated rings. The molecule has 2 aliphatic rings. The lowest BCUT2D eigenvalue weighted by atomic mass is 9.68. The molecule has 2 aromatic rings. The van der Waals surface area contributed by atoms with Gasteiger partial charge in [0.25, 0.3) is 0 Å². The number of aromatic nitrogens is 1. The number of anilines is 1. The van der Waals surface area contributed by atoms with E-state index in [0.717, 1.165) is 37.9 Å². The Morgan fingerprint density at radius 3 is 2.34 bits per heavy atom. The average molecular weight is 447 g/mol. The zero-order valence-electron chi connectivity index (χ0n) is 18.9. The van der Waals surface area contributed by atoms with Crippen LogP contribution < -0.4 is 10.2 Å². The van der Waals surface area contributed by atoms with Crippen molar-refractivity contribution < 1.29 is 18.0 Å². The van der Waals surface area contributed by atoms with E-state index in [2.05, 4.69) is 60.5 Å². The molecule has 0 bridgehead atoms. The highest BCUT2D eigenvalue weighted by Gasteiger charge is 2.50. The van der Waals surface area contributed by atoms with Crippen LogP contribution in [-0.2, 0) is 11.7 Å². The molecule has 1 saturated carbocycles. The van der Waals surface area contributed by atoms with Gasteiger partial charge in [-0.3, -0.25) is 9.80 Å². The summed E-state index contributed by atoms with van der Waals surface area (Å²) in [5.74, 6) is 0. The topological polar surface area (TPSA) is 48.5 Å². The van der Waals surface area contributed by atoms with Crippen LogP contribution >= 0.6 is 0 Å². The third-order valence-corrected chi connectivity index (χ3v) is 7.19. The highest BCUT2D eigenvalue weighted by Crippen LogP contribution is 2.46. The molecule has 1 spiro atoms. The van der Waals surface area contributed by atoms with Crippen LogP contribution in [0.5, 0.6) is 0 Å². The lowest BCUT2D eigenvalue weighted by Gasteiger charge is -2.48. The van der Waals surface area contributed by atoms with Gasteiger partial charge in [0.2, 0.25) is 0 Å². The van der Waals surface area contributed by atoms with Crippen molar-refractivity contribution in [3.63, 3.8) is 0 Å². The van der Waals surface area contributed by atoms with Crippen molar-refractivity contribution in [3.05, 3.63) is 58.9 Å². The van der Waals surface area contributed by atoms with Crippen LogP contribution in [0.25, 0.3) is 0 Å². The van der Waals surface area contributed by atoms with Crippen molar-refractivity contribution in [2.75, 3.05) is 25.5 Å². The molecule has 5 nitrogen and oxygen atoms in total. The van der Waals surface area contributed by atoms with E-state index in [1.807, 2.05) is 0 Å². The van der Waals surface area contributed by atoms with Crippen LogP contribution in [-0.4, -0.2) is 42.1 Å². The number of benzene rings is 1. The first-order valence-corrected chi connectivity index (χ1v) is 10.8. The van der Waals surface area contributed by atoms with Crippen molar-refractivity contribution in [1.82, 2.24) is 15.2 Å². The summed E-state index contributed by atoms with van der Waals surface area (Å²) in [6.07, 6.45) is -0.0184. The summed E-state index contributed by atoms with van der Waals surface area (Å²) in [5, 5.41) is 3.15. The van der Waals surface area contributed by atoms with Gasteiger partial charge in [-0.15, -0.1) is 0 Å². The predicted octanol–water partition coefficient (Wildman–Crippen LogP) is 5.02. The smallest absolute Gasteiger partial charge is 0.330 e. The van der Waals surface area contributed by atoms with Gasteiger partial charge in [0, 0.05) is 5.54 Å². The number of nitrogens with one attached hydrogen (secondary N) is 1. The van der Waals surface area contributed by atoms with Crippen molar-refractivity contribution in [1.29, 1.82) is 0 Å². The van der Waals surface area contributed by atoms with Gasteiger partial charge in [0.1, 0.15) is 5.69 Å². The minimum absolute atomic E-state index is 0.110. The fraction of sp³-hybridized carbons (Fsp3) is 0.500. The number of halogens is 3. The first-order chi connectivity index (χ1) is 15.0.